The monoisotopic (exact) mass is 593 g/mol. The molecular formula is C30H18Cl3NO6. The van der Waals surface area contributed by atoms with Gasteiger partial charge in [0.15, 0.2) is 12.4 Å². The third-order valence-corrected chi connectivity index (χ3v) is 7.33. The molecule has 0 unspecified atom stereocenters. The standard InChI is InChI=1S/C30H18Cl3NO6/c1-39-27-14-25(34-28(36)19-11-22(31)23(32)12-20(19)29(34)37)24(33)13-21(27)30(38)40-15-26(35)18-9-7-17(8-10-18)16-5-3-2-4-6-16/h2-14H,15H2,1H3. The molecule has 1 heterocycles. The Kier molecular flexibility index (Phi) is 7.63. The van der Waals surface area contributed by atoms with Crippen molar-refractivity contribution in [2.45, 2.75) is 0 Å². The second-order valence-electron chi connectivity index (χ2n) is 8.70. The van der Waals surface area contributed by atoms with Gasteiger partial charge in [0, 0.05) is 11.6 Å². The highest BCUT2D eigenvalue weighted by Gasteiger charge is 2.39. The summed E-state index contributed by atoms with van der Waals surface area (Å²) in [5, 5.41) is 0.140. The van der Waals surface area contributed by atoms with Crippen LogP contribution in [0.25, 0.3) is 11.1 Å². The summed E-state index contributed by atoms with van der Waals surface area (Å²) >= 11 is 18.5. The number of carbonyl (C=O) groups is 4. The minimum atomic E-state index is -0.875. The number of Topliss-reactive ketones (excluding diaryl/α,β-unsaturated/α-hetero) is 1. The van der Waals surface area contributed by atoms with Crippen LogP contribution in [-0.2, 0) is 4.74 Å². The van der Waals surface area contributed by atoms with E-state index in [1.807, 2.05) is 42.5 Å². The number of anilines is 1. The minimum absolute atomic E-state index is 0.0110. The summed E-state index contributed by atoms with van der Waals surface area (Å²) in [7, 11) is 1.30. The molecule has 4 aromatic carbocycles. The molecule has 0 saturated heterocycles. The summed E-state index contributed by atoms with van der Waals surface area (Å²) in [5.74, 6) is -2.63. The maximum Gasteiger partial charge on any atom is 0.342 e. The lowest BCUT2D eigenvalue weighted by molar-refractivity contribution is 0.0471. The van der Waals surface area contributed by atoms with Crippen LogP contribution in [0.5, 0.6) is 5.75 Å². The molecule has 0 fully saturated rings. The quantitative estimate of drug-likeness (QED) is 0.128. The number of hydrogen-bond donors (Lipinski definition) is 0. The molecule has 1 aliphatic rings. The van der Waals surface area contributed by atoms with E-state index in [4.69, 9.17) is 44.3 Å². The van der Waals surface area contributed by atoms with Crippen LogP contribution < -0.4 is 9.64 Å². The number of halogens is 3. The first kappa shape index (κ1) is 27.4. The average molecular weight is 595 g/mol. The number of esters is 1. The zero-order valence-corrected chi connectivity index (χ0v) is 23.0. The number of hydrogen-bond acceptors (Lipinski definition) is 6. The fourth-order valence-corrected chi connectivity index (χ4v) is 4.84. The predicted molar refractivity (Wildman–Crippen MR) is 152 cm³/mol. The van der Waals surface area contributed by atoms with Crippen molar-refractivity contribution in [1.29, 1.82) is 0 Å². The number of ketones is 1. The van der Waals surface area contributed by atoms with Gasteiger partial charge in [-0.1, -0.05) is 89.4 Å². The summed E-state index contributed by atoms with van der Waals surface area (Å²) in [6.45, 7) is -0.522. The lowest BCUT2D eigenvalue weighted by Gasteiger charge is -2.18. The molecular weight excluding hydrogens is 577 g/mol. The van der Waals surface area contributed by atoms with Crippen LogP contribution in [0.3, 0.4) is 0 Å². The van der Waals surface area contributed by atoms with Crippen LogP contribution >= 0.6 is 34.8 Å². The number of carbonyl (C=O) groups excluding carboxylic acids is 4. The van der Waals surface area contributed by atoms with Crippen molar-refractivity contribution >= 4 is 64.1 Å². The Hall–Kier alpha value is -4.17. The third kappa shape index (κ3) is 5.07. The molecule has 0 aliphatic carbocycles. The normalized spacial score (nSPS) is 12.3. The van der Waals surface area contributed by atoms with Crippen molar-refractivity contribution < 1.29 is 28.7 Å². The van der Waals surface area contributed by atoms with Crippen molar-refractivity contribution in [2.24, 2.45) is 0 Å². The van der Waals surface area contributed by atoms with Crippen LogP contribution in [0.2, 0.25) is 15.1 Å². The summed E-state index contributed by atoms with van der Waals surface area (Å²) < 4.78 is 10.6. The van der Waals surface area contributed by atoms with Crippen molar-refractivity contribution in [3.05, 3.63) is 116 Å². The van der Waals surface area contributed by atoms with Gasteiger partial charge in [0.25, 0.3) is 11.8 Å². The SMILES string of the molecule is COc1cc(N2C(=O)c3cc(Cl)c(Cl)cc3C2=O)c(Cl)cc1C(=O)OCC(=O)c1ccc(-c2ccccc2)cc1. The van der Waals surface area contributed by atoms with Gasteiger partial charge in [-0.25, -0.2) is 9.69 Å². The van der Waals surface area contributed by atoms with E-state index in [-0.39, 0.29) is 43.2 Å². The molecule has 0 spiro atoms. The fraction of sp³-hybridized carbons (Fsp3) is 0.0667. The van der Waals surface area contributed by atoms with Crippen LogP contribution in [0, 0.1) is 0 Å². The van der Waals surface area contributed by atoms with Crippen molar-refractivity contribution in [3.8, 4) is 16.9 Å². The van der Waals surface area contributed by atoms with E-state index in [9.17, 15) is 19.2 Å². The maximum atomic E-state index is 13.0. The van der Waals surface area contributed by atoms with Gasteiger partial charge in [-0.15, -0.1) is 0 Å². The van der Waals surface area contributed by atoms with Crippen LogP contribution in [-0.4, -0.2) is 37.3 Å². The molecule has 7 nitrogen and oxygen atoms in total. The molecule has 0 saturated carbocycles. The van der Waals surface area contributed by atoms with Crippen molar-refractivity contribution in [2.75, 3.05) is 18.6 Å². The van der Waals surface area contributed by atoms with Gasteiger partial charge in [0.1, 0.15) is 11.3 Å². The molecule has 0 bridgehead atoms. The summed E-state index contributed by atoms with van der Waals surface area (Å²) in [6, 6.07) is 21.7. The molecule has 10 heteroatoms. The van der Waals surface area contributed by atoms with Crippen molar-refractivity contribution in [3.63, 3.8) is 0 Å². The molecule has 0 N–H and O–H groups in total. The van der Waals surface area contributed by atoms with Crippen LogP contribution in [0.15, 0.2) is 78.9 Å². The van der Waals surface area contributed by atoms with Gasteiger partial charge in [0.2, 0.25) is 0 Å². The molecule has 1 aliphatic heterocycles. The van der Waals surface area contributed by atoms with E-state index >= 15 is 0 Å². The highest BCUT2D eigenvalue weighted by Crippen LogP contribution is 2.39. The highest BCUT2D eigenvalue weighted by molar-refractivity contribution is 6.45. The maximum absolute atomic E-state index is 13.0. The first-order chi connectivity index (χ1) is 19.2. The molecule has 2 amide bonds. The van der Waals surface area contributed by atoms with Gasteiger partial charge in [-0.2, -0.15) is 0 Å². The Labute approximate surface area is 243 Å². The number of methoxy groups -OCH3 is 1. The Balaban J connectivity index is 1.33. The van der Waals surface area contributed by atoms with E-state index in [2.05, 4.69) is 0 Å². The van der Waals surface area contributed by atoms with Crippen LogP contribution in [0.1, 0.15) is 41.4 Å². The Morgan fingerprint density at radius 1 is 0.750 bits per heavy atom. The Morgan fingerprint density at radius 3 is 1.90 bits per heavy atom. The smallest absolute Gasteiger partial charge is 0.342 e. The second-order valence-corrected chi connectivity index (χ2v) is 9.93. The zero-order chi connectivity index (χ0) is 28.6. The largest absolute Gasteiger partial charge is 0.496 e. The van der Waals surface area contributed by atoms with Gasteiger partial charge in [0.05, 0.1) is 39.0 Å². The summed E-state index contributed by atoms with van der Waals surface area (Å²) in [6.07, 6.45) is 0. The molecule has 40 heavy (non-hydrogen) atoms. The molecule has 4 aromatic rings. The minimum Gasteiger partial charge on any atom is -0.496 e. The number of fused-ring (bicyclic) bond motifs is 1. The highest BCUT2D eigenvalue weighted by atomic mass is 35.5. The third-order valence-electron chi connectivity index (χ3n) is 6.31. The number of benzene rings is 4. The first-order valence-electron chi connectivity index (χ1n) is 11.8. The van der Waals surface area contributed by atoms with E-state index in [0.717, 1.165) is 16.0 Å². The second kappa shape index (κ2) is 11.1. The number of rotatable bonds is 7. The van der Waals surface area contributed by atoms with Gasteiger partial charge in [-0.3, -0.25) is 14.4 Å². The lowest BCUT2D eigenvalue weighted by Crippen LogP contribution is -2.29. The molecule has 0 aromatic heterocycles. The number of ether oxygens (including phenoxy) is 2. The predicted octanol–water partition coefficient (Wildman–Crippen LogP) is 7.16. The number of nitrogens with zero attached hydrogens (tertiary/aromatic N) is 1. The average Bonchev–Trinajstić information content (AvgIpc) is 3.20. The van der Waals surface area contributed by atoms with Crippen molar-refractivity contribution in [1.82, 2.24) is 0 Å². The van der Waals surface area contributed by atoms with E-state index in [1.54, 1.807) is 12.1 Å². The van der Waals surface area contributed by atoms with E-state index < -0.39 is 30.2 Å². The Bertz CT molecular complexity index is 1650. The topological polar surface area (TPSA) is 90.0 Å². The molecule has 5 rings (SSSR count). The van der Waals surface area contributed by atoms with Gasteiger partial charge in [-0.05, 0) is 29.3 Å². The van der Waals surface area contributed by atoms with Gasteiger partial charge >= 0.3 is 5.97 Å². The van der Waals surface area contributed by atoms with Crippen LogP contribution in [0.4, 0.5) is 5.69 Å². The molecule has 200 valence electrons. The summed E-state index contributed by atoms with van der Waals surface area (Å²) in [4.78, 5) is 52.5. The summed E-state index contributed by atoms with van der Waals surface area (Å²) in [5.41, 5.74) is 2.35. The first-order valence-corrected chi connectivity index (χ1v) is 12.9. The van der Waals surface area contributed by atoms with E-state index in [1.165, 1.54) is 31.4 Å². The molecule has 0 atom stereocenters. The van der Waals surface area contributed by atoms with Gasteiger partial charge < -0.3 is 9.47 Å². The number of amides is 2. The Morgan fingerprint density at radius 2 is 1.32 bits per heavy atom. The zero-order valence-electron chi connectivity index (χ0n) is 20.7. The molecule has 0 radical (unpaired) electrons. The van der Waals surface area contributed by atoms with E-state index in [0.29, 0.717) is 5.56 Å². The lowest BCUT2D eigenvalue weighted by atomic mass is 10.0. The number of imide groups is 1. The fourth-order valence-electron chi connectivity index (χ4n) is 4.27.